The summed E-state index contributed by atoms with van der Waals surface area (Å²) in [6.45, 7) is 12.8. The molecule has 0 spiro atoms. The van der Waals surface area contributed by atoms with Gasteiger partial charge in [0.15, 0.2) is 0 Å². The Hall–Kier alpha value is -2.27. The maximum absolute atomic E-state index is 12.3. The van der Waals surface area contributed by atoms with Gasteiger partial charge in [-0.2, -0.15) is 0 Å². The van der Waals surface area contributed by atoms with Crippen LogP contribution in [0.15, 0.2) is 30.3 Å². The smallest absolute Gasteiger partial charge is 0.410 e. The van der Waals surface area contributed by atoms with Crippen molar-refractivity contribution in [3.05, 3.63) is 52.8 Å². The zero-order valence-corrected chi connectivity index (χ0v) is 17.9. The largest absolute Gasteiger partial charge is 0.444 e. The molecular formula is C23H32N2O3. The lowest BCUT2D eigenvalue weighted by Crippen LogP contribution is -2.47. The molecule has 3 rings (SSSR count). The second-order valence-electron chi connectivity index (χ2n) is 8.95. The topological polar surface area (TPSA) is 54.7 Å². The minimum Gasteiger partial charge on any atom is -0.444 e. The summed E-state index contributed by atoms with van der Waals surface area (Å²) in [5, 5.41) is 11.3. The van der Waals surface area contributed by atoms with Crippen LogP contribution in [-0.4, -0.2) is 39.4 Å². The lowest BCUT2D eigenvalue weighted by molar-refractivity contribution is -0.0359. The number of ether oxygens (including phenoxy) is 1. The molecule has 2 heterocycles. The minimum atomic E-state index is -0.915. The van der Waals surface area contributed by atoms with Crippen molar-refractivity contribution in [2.75, 3.05) is 13.1 Å². The fourth-order valence-electron chi connectivity index (χ4n) is 4.04. The van der Waals surface area contributed by atoms with E-state index >= 15 is 0 Å². The van der Waals surface area contributed by atoms with E-state index in [4.69, 9.17) is 4.74 Å². The van der Waals surface area contributed by atoms with Gasteiger partial charge in [0.2, 0.25) is 0 Å². The summed E-state index contributed by atoms with van der Waals surface area (Å²) >= 11 is 0. The molecular weight excluding hydrogens is 352 g/mol. The molecule has 152 valence electrons. The monoisotopic (exact) mass is 384 g/mol. The van der Waals surface area contributed by atoms with Crippen LogP contribution in [0.3, 0.4) is 0 Å². The molecule has 2 aromatic rings. The fraction of sp³-hybridized carbons (Fsp3) is 0.522. The predicted octanol–water partition coefficient (Wildman–Crippen LogP) is 4.62. The highest BCUT2D eigenvalue weighted by Crippen LogP contribution is 2.36. The number of aromatic nitrogens is 1. The molecule has 5 heteroatoms. The third kappa shape index (κ3) is 4.09. The van der Waals surface area contributed by atoms with Gasteiger partial charge in [-0.25, -0.2) is 4.79 Å². The number of aliphatic hydroxyl groups is 1. The van der Waals surface area contributed by atoms with Gasteiger partial charge < -0.3 is 19.3 Å². The van der Waals surface area contributed by atoms with Crippen LogP contribution in [0, 0.1) is 20.8 Å². The summed E-state index contributed by atoms with van der Waals surface area (Å²) in [5.74, 6) is 0. The number of likely N-dealkylation sites (tertiary alicyclic amines) is 1. The van der Waals surface area contributed by atoms with Gasteiger partial charge in [0.25, 0.3) is 0 Å². The van der Waals surface area contributed by atoms with Crippen molar-refractivity contribution in [2.45, 2.75) is 65.6 Å². The van der Waals surface area contributed by atoms with Crippen LogP contribution in [0.5, 0.6) is 0 Å². The number of nitrogens with zero attached hydrogens (tertiary/aromatic N) is 2. The zero-order valence-electron chi connectivity index (χ0n) is 17.9. The summed E-state index contributed by atoms with van der Waals surface area (Å²) in [5.41, 5.74) is 4.08. The highest BCUT2D eigenvalue weighted by atomic mass is 16.6. The molecule has 1 aliphatic heterocycles. The highest BCUT2D eigenvalue weighted by Gasteiger charge is 2.37. The summed E-state index contributed by atoms with van der Waals surface area (Å²) in [6, 6.07) is 10.5. The molecule has 1 saturated heterocycles. The van der Waals surface area contributed by atoms with Crippen molar-refractivity contribution >= 4 is 6.09 Å². The van der Waals surface area contributed by atoms with Gasteiger partial charge in [-0.3, -0.25) is 0 Å². The van der Waals surface area contributed by atoms with E-state index in [2.05, 4.69) is 42.7 Å². The van der Waals surface area contributed by atoms with Crippen molar-refractivity contribution < 1.29 is 14.6 Å². The number of carbonyl (C=O) groups excluding carboxylic acids is 1. The van der Waals surface area contributed by atoms with Gasteiger partial charge in [-0.05, 0) is 89.8 Å². The molecule has 0 atom stereocenters. The van der Waals surface area contributed by atoms with Gasteiger partial charge in [0.1, 0.15) is 5.60 Å². The van der Waals surface area contributed by atoms with Crippen molar-refractivity contribution in [3.63, 3.8) is 0 Å². The van der Waals surface area contributed by atoms with Gasteiger partial charge in [0, 0.05) is 30.2 Å². The van der Waals surface area contributed by atoms with Crippen LogP contribution in [-0.2, 0) is 10.3 Å². The van der Waals surface area contributed by atoms with Gasteiger partial charge in [-0.15, -0.1) is 0 Å². The molecule has 0 unspecified atom stereocenters. The fourth-order valence-corrected chi connectivity index (χ4v) is 4.04. The first-order valence-electron chi connectivity index (χ1n) is 9.97. The summed E-state index contributed by atoms with van der Waals surface area (Å²) in [4.78, 5) is 14.0. The second-order valence-corrected chi connectivity index (χ2v) is 8.95. The second kappa shape index (κ2) is 7.28. The number of hydrogen-bond donors (Lipinski definition) is 1. The average Bonchev–Trinajstić information content (AvgIpc) is 2.92. The quantitative estimate of drug-likeness (QED) is 0.822. The SMILES string of the molecule is Cc1cc(-n2c(C)ccc2C)ccc1C1(O)CCN(C(=O)OC(C)(C)C)CC1. The number of rotatable bonds is 2. The maximum Gasteiger partial charge on any atom is 0.410 e. The van der Waals surface area contributed by atoms with E-state index in [-0.39, 0.29) is 6.09 Å². The highest BCUT2D eigenvalue weighted by molar-refractivity contribution is 5.68. The van der Waals surface area contributed by atoms with E-state index in [0.29, 0.717) is 25.9 Å². The lowest BCUT2D eigenvalue weighted by Gasteiger charge is -2.39. The Labute approximate surface area is 167 Å². The Kier molecular flexibility index (Phi) is 5.32. The number of piperidine rings is 1. The van der Waals surface area contributed by atoms with Gasteiger partial charge in [-0.1, -0.05) is 6.07 Å². The third-order valence-corrected chi connectivity index (χ3v) is 5.48. The van der Waals surface area contributed by atoms with E-state index in [1.165, 1.54) is 11.4 Å². The molecule has 0 aliphatic carbocycles. The molecule has 1 aromatic carbocycles. The number of amides is 1. The normalized spacial score (nSPS) is 16.9. The molecule has 1 aliphatic rings. The Morgan fingerprint density at radius 1 is 1.04 bits per heavy atom. The predicted molar refractivity (Wildman–Crippen MR) is 111 cm³/mol. The van der Waals surface area contributed by atoms with E-state index < -0.39 is 11.2 Å². The maximum atomic E-state index is 12.3. The molecule has 0 saturated carbocycles. The van der Waals surface area contributed by atoms with Gasteiger partial charge in [0.05, 0.1) is 5.60 Å². The molecule has 1 fully saturated rings. The average molecular weight is 385 g/mol. The molecule has 0 bridgehead atoms. The van der Waals surface area contributed by atoms with Crippen LogP contribution in [0.2, 0.25) is 0 Å². The minimum absolute atomic E-state index is 0.305. The molecule has 1 N–H and O–H groups in total. The molecule has 28 heavy (non-hydrogen) atoms. The van der Waals surface area contributed by atoms with Crippen LogP contribution in [0.4, 0.5) is 4.79 Å². The van der Waals surface area contributed by atoms with Crippen LogP contribution in [0.25, 0.3) is 5.69 Å². The first kappa shape index (κ1) is 20.5. The van der Waals surface area contributed by atoms with Crippen molar-refractivity contribution in [3.8, 4) is 5.69 Å². The summed E-state index contributed by atoms with van der Waals surface area (Å²) in [7, 11) is 0. The molecule has 1 amide bonds. The van der Waals surface area contributed by atoms with E-state index in [1.54, 1.807) is 4.90 Å². The van der Waals surface area contributed by atoms with Crippen LogP contribution < -0.4 is 0 Å². The van der Waals surface area contributed by atoms with E-state index in [0.717, 1.165) is 16.8 Å². The summed E-state index contributed by atoms with van der Waals surface area (Å²) < 4.78 is 7.67. The zero-order chi connectivity index (χ0) is 20.7. The number of aryl methyl sites for hydroxylation is 3. The number of hydrogen-bond acceptors (Lipinski definition) is 3. The Bertz CT molecular complexity index is 849. The standard InChI is InChI=1S/C23H32N2O3/c1-16-15-19(25-17(2)7-8-18(25)3)9-10-20(16)23(27)11-13-24(14-12-23)21(26)28-22(4,5)6/h7-10,15,27H,11-14H2,1-6H3. The van der Waals surface area contributed by atoms with Crippen molar-refractivity contribution in [1.82, 2.24) is 9.47 Å². The van der Waals surface area contributed by atoms with E-state index in [1.807, 2.05) is 33.8 Å². The first-order chi connectivity index (χ1) is 13.0. The summed E-state index contributed by atoms with van der Waals surface area (Å²) in [6.07, 6.45) is 0.710. The molecule has 0 radical (unpaired) electrons. The molecule has 5 nitrogen and oxygen atoms in total. The third-order valence-electron chi connectivity index (χ3n) is 5.48. The Balaban J connectivity index is 1.76. The first-order valence-corrected chi connectivity index (χ1v) is 9.97. The van der Waals surface area contributed by atoms with Crippen molar-refractivity contribution in [1.29, 1.82) is 0 Å². The number of benzene rings is 1. The molecule has 1 aromatic heterocycles. The number of carbonyl (C=O) groups is 1. The Morgan fingerprint density at radius 2 is 1.61 bits per heavy atom. The van der Waals surface area contributed by atoms with Crippen LogP contribution in [0.1, 0.15) is 56.1 Å². The van der Waals surface area contributed by atoms with Crippen molar-refractivity contribution in [2.24, 2.45) is 0 Å². The van der Waals surface area contributed by atoms with Crippen LogP contribution >= 0.6 is 0 Å². The van der Waals surface area contributed by atoms with E-state index in [9.17, 15) is 9.90 Å². The lowest BCUT2D eigenvalue weighted by atomic mass is 9.82. The van der Waals surface area contributed by atoms with Gasteiger partial charge >= 0.3 is 6.09 Å². The Morgan fingerprint density at radius 3 is 2.11 bits per heavy atom.